The molecule has 0 spiro atoms. The van der Waals surface area contributed by atoms with Crippen LogP contribution < -0.4 is 10.6 Å². The van der Waals surface area contributed by atoms with Crippen molar-refractivity contribution in [3.63, 3.8) is 0 Å². The summed E-state index contributed by atoms with van der Waals surface area (Å²) in [6.45, 7) is 2.43. The van der Waals surface area contributed by atoms with Gasteiger partial charge in [-0.05, 0) is 44.4 Å². The smallest absolute Gasteiger partial charge is 0.245 e. The molecule has 2 N–H and O–H groups in total. The monoisotopic (exact) mass is 347 g/mol. The molecule has 0 bridgehead atoms. The number of carbonyl (C=O) groups excluding carboxylic acids is 2. The van der Waals surface area contributed by atoms with E-state index in [1.165, 1.54) is 0 Å². The van der Waals surface area contributed by atoms with Gasteiger partial charge in [0.15, 0.2) is 0 Å². The Kier molecular flexibility index (Phi) is 5.78. The SMILES string of the molecule is CNC(=O)C1(NC(=O)C2CCCN(Cc3ccco3)C2)CCCCC1. The fourth-order valence-electron chi connectivity index (χ4n) is 4.18. The Hall–Kier alpha value is -1.82. The average molecular weight is 347 g/mol. The molecule has 1 atom stereocenters. The summed E-state index contributed by atoms with van der Waals surface area (Å²) in [5, 5.41) is 5.88. The van der Waals surface area contributed by atoms with Crippen molar-refractivity contribution in [2.24, 2.45) is 5.92 Å². The molecule has 3 rings (SSSR count). The van der Waals surface area contributed by atoms with Crippen LogP contribution in [-0.2, 0) is 16.1 Å². The molecule has 1 aliphatic carbocycles. The summed E-state index contributed by atoms with van der Waals surface area (Å²) in [5.74, 6) is 0.834. The second-order valence-corrected chi connectivity index (χ2v) is 7.36. The molecule has 1 aromatic rings. The van der Waals surface area contributed by atoms with Gasteiger partial charge in [-0.15, -0.1) is 0 Å². The number of rotatable bonds is 5. The van der Waals surface area contributed by atoms with Crippen LogP contribution in [0.3, 0.4) is 0 Å². The molecule has 138 valence electrons. The van der Waals surface area contributed by atoms with Gasteiger partial charge in [-0.25, -0.2) is 0 Å². The zero-order valence-electron chi connectivity index (χ0n) is 15.1. The first kappa shape index (κ1) is 18.0. The van der Waals surface area contributed by atoms with E-state index in [0.29, 0.717) is 0 Å². The summed E-state index contributed by atoms with van der Waals surface area (Å²) in [6, 6.07) is 3.85. The standard InChI is InChI=1S/C19H29N3O3/c1-20-18(24)19(9-3-2-4-10-19)21-17(23)15-7-5-11-22(13-15)14-16-8-6-12-25-16/h6,8,12,15H,2-5,7,9-11,13-14H2,1H3,(H,20,24)(H,21,23). The van der Waals surface area contributed by atoms with E-state index < -0.39 is 5.54 Å². The topological polar surface area (TPSA) is 74.6 Å². The number of nitrogens with one attached hydrogen (secondary N) is 2. The highest BCUT2D eigenvalue weighted by Gasteiger charge is 2.41. The van der Waals surface area contributed by atoms with E-state index in [2.05, 4.69) is 15.5 Å². The number of amides is 2. The summed E-state index contributed by atoms with van der Waals surface area (Å²) in [4.78, 5) is 27.6. The number of hydrogen-bond acceptors (Lipinski definition) is 4. The Balaban J connectivity index is 1.61. The van der Waals surface area contributed by atoms with Crippen molar-refractivity contribution in [1.82, 2.24) is 15.5 Å². The normalized spacial score (nSPS) is 23.8. The average Bonchev–Trinajstić information content (AvgIpc) is 3.15. The zero-order chi connectivity index (χ0) is 17.7. The molecule has 1 aliphatic heterocycles. The van der Waals surface area contributed by atoms with Crippen LogP contribution in [0.1, 0.15) is 50.7 Å². The fourth-order valence-corrected chi connectivity index (χ4v) is 4.18. The van der Waals surface area contributed by atoms with Gasteiger partial charge in [0.1, 0.15) is 11.3 Å². The lowest BCUT2D eigenvalue weighted by atomic mass is 9.80. The molecule has 2 heterocycles. The Labute approximate surface area is 149 Å². The molecule has 1 aromatic heterocycles. The molecule has 2 fully saturated rings. The third kappa shape index (κ3) is 4.24. The van der Waals surface area contributed by atoms with Gasteiger partial charge in [-0.2, -0.15) is 0 Å². The van der Waals surface area contributed by atoms with Crippen LogP contribution in [-0.4, -0.2) is 42.4 Å². The minimum atomic E-state index is -0.715. The molecule has 6 heteroatoms. The van der Waals surface area contributed by atoms with E-state index in [-0.39, 0.29) is 17.7 Å². The number of likely N-dealkylation sites (N-methyl/N-ethyl adjacent to an activating group) is 1. The second kappa shape index (κ2) is 8.04. The van der Waals surface area contributed by atoms with Crippen LogP contribution in [0.25, 0.3) is 0 Å². The molecule has 0 aromatic carbocycles. The molecule has 1 unspecified atom stereocenters. The molecule has 1 saturated carbocycles. The summed E-state index contributed by atoms with van der Waals surface area (Å²) in [5.41, 5.74) is -0.715. The Morgan fingerprint density at radius 3 is 2.76 bits per heavy atom. The van der Waals surface area contributed by atoms with Crippen molar-refractivity contribution >= 4 is 11.8 Å². The van der Waals surface area contributed by atoms with Gasteiger partial charge in [-0.1, -0.05) is 19.3 Å². The molecule has 6 nitrogen and oxygen atoms in total. The number of piperidine rings is 1. The molecular weight excluding hydrogens is 318 g/mol. The maximum absolute atomic E-state index is 12.9. The Morgan fingerprint density at radius 1 is 1.28 bits per heavy atom. The van der Waals surface area contributed by atoms with Gasteiger partial charge in [-0.3, -0.25) is 14.5 Å². The van der Waals surface area contributed by atoms with Crippen LogP contribution in [0.2, 0.25) is 0 Å². The summed E-state index contributed by atoms with van der Waals surface area (Å²) >= 11 is 0. The first-order valence-corrected chi connectivity index (χ1v) is 9.42. The van der Waals surface area contributed by atoms with E-state index in [9.17, 15) is 9.59 Å². The summed E-state index contributed by atoms with van der Waals surface area (Å²) in [7, 11) is 1.65. The largest absolute Gasteiger partial charge is 0.468 e. The van der Waals surface area contributed by atoms with Crippen LogP contribution in [0.4, 0.5) is 0 Å². The molecular formula is C19H29N3O3. The van der Waals surface area contributed by atoms with Crippen LogP contribution in [0.15, 0.2) is 22.8 Å². The van der Waals surface area contributed by atoms with Gasteiger partial charge in [0, 0.05) is 13.6 Å². The van der Waals surface area contributed by atoms with Crippen LogP contribution in [0.5, 0.6) is 0 Å². The minimum absolute atomic E-state index is 0.0228. The molecule has 2 amide bonds. The lowest BCUT2D eigenvalue weighted by molar-refractivity contribution is -0.137. The van der Waals surface area contributed by atoms with Crippen LogP contribution >= 0.6 is 0 Å². The highest BCUT2D eigenvalue weighted by Crippen LogP contribution is 2.29. The van der Waals surface area contributed by atoms with Crippen molar-refractivity contribution in [3.8, 4) is 0 Å². The second-order valence-electron chi connectivity index (χ2n) is 7.36. The Morgan fingerprint density at radius 2 is 2.08 bits per heavy atom. The maximum atomic E-state index is 12.9. The van der Waals surface area contributed by atoms with Gasteiger partial charge in [0.25, 0.3) is 0 Å². The van der Waals surface area contributed by atoms with E-state index in [1.807, 2.05) is 12.1 Å². The van der Waals surface area contributed by atoms with Crippen molar-refractivity contribution in [2.45, 2.75) is 57.0 Å². The van der Waals surface area contributed by atoms with Crippen molar-refractivity contribution in [3.05, 3.63) is 24.2 Å². The van der Waals surface area contributed by atoms with E-state index in [1.54, 1.807) is 13.3 Å². The van der Waals surface area contributed by atoms with E-state index in [4.69, 9.17) is 4.42 Å². The molecule has 25 heavy (non-hydrogen) atoms. The van der Waals surface area contributed by atoms with Crippen molar-refractivity contribution in [1.29, 1.82) is 0 Å². The fraction of sp³-hybridized carbons (Fsp3) is 0.684. The third-order valence-electron chi connectivity index (χ3n) is 5.57. The molecule has 0 radical (unpaired) electrons. The number of nitrogens with zero attached hydrogens (tertiary/aromatic N) is 1. The predicted octanol–water partition coefficient (Wildman–Crippen LogP) is 2.06. The third-order valence-corrected chi connectivity index (χ3v) is 5.57. The van der Waals surface area contributed by atoms with Gasteiger partial charge in [0.05, 0.1) is 18.7 Å². The zero-order valence-corrected chi connectivity index (χ0v) is 15.1. The van der Waals surface area contributed by atoms with Gasteiger partial charge in [0.2, 0.25) is 11.8 Å². The van der Waals surface area contributed by atoms with E-state index in [0.717, 1.165) is 70.3 Å². The first-order valence-electron chi connectivity index (χ1n) is 9.42. The number of hydrogen-bond donors (Lipinski definition) is 2. The number of furan rings is 1. The highest BCUT2D eigenvalue weighted by atomic mass is 16.3. The highest BCUT2D eigenvalue weighted by molar-refractivity contribution is 5.92. The van der Waals surface area contributed by atoms with Gasteiger partial charge >= 0.3 is 0 Å². The van der Waals surface area contributed by atoms with Gasteiger partial charge < -0.3 is 15.1 Å². The lowest BCUT2D eigenvalue weighted by Gasteiger charge is -2.39. The van der Waals surface area contributed by atoms with E-state index >= 15 is 0 Å². The summed E-state index contributed by atoms with van der Waals surface area (Å²) < 4.78 is 5.42. The molecule has 1 saturated heterocycles. The maximum Gasteiger partial charge on any atom is 0.245 e. The summed E-state index contributed by atoms with van der Waals surface area (Å²) in [6.07, 6.45) is 8.14. The lowest BCUT2D eigenvalue weighted by Crippen LogP contribution is -2.61. The number of carbonyl (C=O) groups is 2. The first-order chi connectivity index (χ1) is 12.1. The number of likely N-dealkylation sites (tertiary alicyclic amines) is 1. The Bertz CT molecular complexity index is 579. The molecule has 2 aliphatic rings. The van der Waals surface area contributed by atoms with Crippen LogP contribution in [0, 0.1) is 5.92 Å². The quantitative estimate of drug-likeness (QED) is 0.855. The van der Waals surface area contributed by atoms with Crippen molar-refractivity contribution < 1.29 is 14.0 Å². The predicted molar refractivity (Wildman–Crippen MR) is 94.7 cm³/mol. The minimum Gasteiger partial charge on any atom is -0.468 e. The van der Waals surface area contributed by atoms with Crippen molar-refractivity contribution in [2.75, 3.05) is 20.1 Å².